The maximum absolute atomic E-state index is 12.3. The lowest BCUT2D eigenvalue weighted by molar-refractivity contribution is 0.0936. The zero-order chi connectivity index (χ0) is 13.7. The van der Waals surface area contributed by atoms with Crippen molar-refractivity contribution in [1.29, 1.82) is 5.26 Å². The normalized spacial score (nSPS) is 10.8. The summed E-state index contributed by atoms with van der Waals surface area (Å²) in [6, 6.07) is 9.60. The highest BCUT2D eigenvalue weighted by Gasteiger charge is 2.16. The lowest BCUT2D eigenvalue weighted by Crippen LogP contribution is -2.30. The maximum Gasteiger partial charge on any atom is 0.180 e. The van der Waals surface area contributed by atoms with Gasteiger partial charge in [0.05, 0.1) is 18.2 Å². The quantitative estimate of drug-likeness (QED) is 0.746. The Kier molecular flexibility index (Phi) is 4.32. The van der Waals surface area contributed by atoms with Gasteiger partial charge in [0.15, 0.2) is 5.78 Å². The predicted molar refractivity (Wildman–Crippen MR) is 72.9 cm³/mol. The second-order valence-electron chi connectivity index (χ2n) is 4.35. The van der Waals surface area contributed by atoms with E-state index >= 15 is 0 Å². The van der Waals surface area contributed by atoms with E-state index in [1.165, 1.54) is 6.26 Å². The average Bonchev–Trinajstić information content (AvgIpc) is 2.87. The molecule has 0 bridgehead atoms. The Hall–Kier alpha value is -2.12. The van der Waals surface area contributed by atoms with Gasteiger partial charge < -0.3 is 4.42 Å². The third-order valence-corrected chi connectivity index (χ3v) is 3.14. The van der Waals surface area contributed by atoms with Gasteiger partial charge >= 0.3 is 0 Å². The average molecular weight is 256 g/mol. The third-order valence-electron chi connectivity index (χ3n) is 3.14. The smallest absolute Gasteiger partial charge is 0.180 e. The standard InChI is InChI=1S/C15H16N2O2/c1-2-17(9-5-8-16)10-14(18)13-11-19-15-7-4-3-6-12(13)15/h3-4,6-7,11H,2,5,9-10H2,1H3. The van der Waals surface area contributed by atoms with Gasteiger partial charge in [-0.1, -0.05) is 25.1 Å². The fourth-order valence-electron chi connectivity index (χ4n) is 2.04. The number of nitriles is 1. The summed E-state index contributed by atoms with van der Waals surface area (Å²) >= 11 is 0. The lowest BCUT2D eigenvalue weighted by atomic mass is 10.1. The number of fused-ring (bicyclic) bond motifs is 1. The zero-order valence-corrected chi connectivity index (χ0v) is 10.9. The van der Waals surface area contributed by atoms with Crippen LogP contribution in [0.1, 0.15) is 23.7 Å². The number of likely N-dealkylation sites (N-methyl/N-ethyl adjacent to an activating group) is 1. The Labute approximate surface area is 112 Å². The van der Waals surface area contributed by atoms with Crippen LogP contribution in [0.2, 0.25) is 0 Å². The number of furan rings is 1. The number of nitrogens with zero attached hydrogens (tertiary/aromatic N) is 2. The summed E-state index contributed by atoms with van der Waals surface area (Å²) in [5.74, 6) is 0.0322. The van der Waals surface area contributed by atoms with Crippen LogP contribution in [-0.2, 0) is 0 Å². The number of Topliss-reactive ketones (excluding diaryl/α,β-unsaturated/α-hetero) is 1. The van der Waals surface area contributed by atoms with Gasteiger partial charge in [0, 0.05) is 18.4 Å². The molecular weight excluding hydrogens is 240 g/mol. The fraction of sp³-hybridized carbons (Fsp3) is 0.333. The molecule has 0 spiro atoms. The predicted octanol–water partition coefficient (Wildman–Crippen LogP) is 2.85. The van der Waals surface area contributed by atoms with E-state index in [0.29, 0.717) is 25.1 Å². The van der Waals surface area contributed by atoms with Crippen molar-refractivity contribution < 1.29 is 9.21 Å². The van der Waals surface area contributed by atoms with Crippen LogP contribution in [-0.4, -0.2) is 30.3 Å². The molecule has 0 saturated carbocycles. The van der Waals surface area contributed by atoms with Crippen molar-refractivity contribution in [2.24, 2.45) is 0 Å². The Bertz CT molecular complexity index is 610. The van der Waals surface area contributed by atoms with Crippen LogP contribution in [0.3, 0.4) is 0 Å². The van der Waals surface area contributed by atoms with Crippen molar-refractivity contribution >= 4 is 16.8 Å². The van der Waals surface area contributed by atoms with Crippen LogP contribution in [0.25, 0.3) is 11.0 Å². The van der Waals surface area contributed by atoms with E-state index in [-0.39, 0.29) is 5.78 Å². The molecule has 2 rings (SSSR count). The van der Waals surface area contributed by atoms with Gasteiger partial charge in [0.25, 0.3) is 0 Å². The van der Waals surface area contributed by atoms with Gasteiger partial charge in [0.2, 0.25) is 0 Å². The second kappa shape index (κ2) is 6.17. The molecule has 4 heteroatoms. The number of carbonyl (C=O) groups is 1. The minimum atomic E-state index is 0.0322. The van der Waals surface area contributed by atoms with Gasteiger partial charge in [-0.3, -0.25) is 9.69 Å². The van der Waals surface area contributed by atoms with Crippen molar-refractivity contribution in [2.75, 3.05) is 19.6 Å². The summed E-state index contributed by atoms with van der Waals surface area (Å²) in [5, 5.41) is 9.44. The van der Waals surface area contributed by atoms with E-state index in [4.69, 9.17) is 9.68 Å². The molecule has 0 unspecified atom stereocenters. The topological polar surface area (TPSA) is 57.2 Å². The highest BCUT2D eigenvalue weighted by atomic mass is 16.3. The van der Waals surface area contributed by atoms with Crippen molar-refractivity contribution in [3.63, 3.8) is 0 Å². The molecule has 4 nitrogen and oxygen atoms in total. The molecule has 0 fully saturated rings. The Morgan fingerprint density at radius 3 is 2.95 bits per heavy atom. The number of hydrogen-bond acceptors (Lipinski definition) is 4. The Morgan fingerprint density at radius 2 is 2.21 bits per heavy atom. The maximum atomic E-state index is 12.3. The summed E-state index contributed by atoms with van der Waals surface area (Å²) in [6.45, 7) is 3.68. The number of para-hydroxylation sites is 1. The van der Waals surface area contributed by atoms with E-state index in [0.717, 1.165) is 17.5 Å². The molecule has 0 atom stereocenters. The minimum Gasteiger partial charge on any atom is -0.464 e. The second-order valence-corrected chi connectivity index (χ2v) is 4.35. The van der Waals surface area contributed by atoms with E-state index < -0.39 is 0 Å². The van der Waals surface area contributed by atoms with Crippen LogP contribution >= 0.6 is 0 Å². The monoisotopic (exact) mass is 256 g/mol. The Morgan fingerprint density at radius 1 is 1.42 bits per heavy atom. The third kappa shape index (κ3) is 3.01. The van der Waals surface area contributed by atoms with Gasteiger partial charge in [0.1, 0.15) is 11.8 Å². The number of rotatable bonds is 6. The van der Waals surface area contributed by atoms with Crippen molar-refractivity contribution in [3.05, 3.63) is 36.1 Å². The molecule has 1 aromatic carbocycles. The number of carbonyl (C=O) groups excluding carboxylic acids is 1. The molecule has 0 radical (unpaired) electrons. The summed E-state index contributed by atoms with van der Waals surface area (Å²) in [4.78, 5) is 14.2. The van der Waals surface area contributed by atoms with Gasteiger partial charge in [-0.15, -0.1) is 0 Å². The first kappa shape index (κ1) is 13.3. The van der Waals surface area contributed by atoms with Crippen LogP contribution in [0.5, 0.6) is 0 Å². The SMILES string of the molecule is CCN(CCC#N)CC(=O)c1coc2ccccc12. The molecule has 1 aromatic heterocycles. The molecule has 98 valence electrons. The first-order valence-electron chi connectivity index (χ1n) is 6.35. The number of benzene rings is 1. The first-order chi connectivity index (χ1) is 9.26. The molecular formula is C15H16N2O2. The van der Waals surface area contributed by atoms with E-state index in [1.54, 1.807) is 0 Å². The van der Waals surface area contributed by atoms with Crippen LogP contribution in [0.15, 0.2) is 34.9 Å². The van der Waals surface area contributed by atoms with E-state index in [1.807, 2.05) is 36.1 Å². The summed E-state index contributed by atoms with van der Waals surface area (Å²) in [6.07, 6.45) is 1.96. The highest BCUT2D eigenvalue weighted by Crippen LogP contribution is 2.21. The van der Waals surface area contributed by atoms with Crippen molar-refractivity contribution in [1.82, 2.24) is 4.90 Å². The Balaban J connectivity index is 2.13. The largest absolute Gasteiger partial charge is 0.464 e. The molecule has 19 heavy (non-hydrogen) atoms. The fourth-order valence-corrected chi connectivity index (χ4v) is 2.04. The zero-order valence-electron chi connectivity index (χ0n) is 10.9. The van der Waals surface area contributed by atoms with Gasteiger partial charge in [-0.05, 0) is 12.6 Å². The minimum absolute atomic E-state index is 0.0322. The summed E-state index contributed by atoms with van der Waals surface area (Å²) < 4.78 is 5.37. The molecule has 0 aliphatic heterocycles. The van der Waals surface area contributed by atoms with Crippen molar-refractivity contribution in [3.8, 4) is 6.07 Å². The molecule has 1 heterocycles. The lowest BCUT2D eigenvalue weighted by Gasteiger charge is -2.17. The molecule has 0 aliphatic carbocycles. The van der Waals surface area contributed by atoms with Gasteiger partial charge in [-0.25, -0.2) is 0 Å². The molecule has 0 aliphatic rings. The van der Waals surface area contributed by atoms with Crippen LogP contribution < -0.4 is 0 Å². The van der Waals surface area contributed by atoms with Crippen LogP contribution in [0, 0.1) is 11.3 Å². The van der Waals surface area contributed by atoms with E-state index in [2.05, 4.69) is 6.07 Å². The first-order valence-corrected chi connectivity index (χ1v) is 6.35. The molecule has 0 saturated heterocycles. The van der Waals surface area contributed by atoms with Crippen molar-refractivity contribution in [2.45, 2.75) is 13.3 Å². The van der Waals surface area contributed by atoms with E-state index in [9.17, 15) is 4.79 Å². The highest BCUT2D eigenvalue weighted by molar-refractivity contribution is 6.08. The number of hydrogen-bond donors (Lipinski definition) is 0. The van der Waals surface area contributed by atoms with Gasteiger partial charge in [-0.2, -0.15) is 5.26 Å². The molecule has 2 aromatic rings. The number of ketones is 1. The van der Waals surface area contributed by atoms with Crippen LogP contribution in [0.4, 0.5) is 0 Å². The molecule has 0 amide bonds. The summed E-state index contributed by atoms with van der Waals surface area (Å²) in [5.41, 5.74) is 1.34. The molecule has 0 N–H and O–H groups in total. The summed E-state index contributed by atoms with van der Waals surface area (Å²) in [7, 11) is 0.